The molecule has 1 nitrogen and oxygen atoms in total. The molecule has 0 aliphatic heterocycles. The van der Waals surface area contributed by atoms with Gasteiger partial charge < -0.3 is 4.57 Å². The van der Waals surface area contributed by atoms with Gasteiger partial charge in [0.15, 0.2) is 3.95 Å². The molecule has 1 aromatic carbocycles. The van der Waals surface area contributed by atoms with Crippen molar-refractivity contribution in [1.82, 2.24) is 4.57 Å². The highest BCUT2D eigenvalue weighted by Gasteiger charge is 2.03. The fourth-order valence-corrected chi connectivity index (χ4v) is 2.67. The lowest BCUT2D eigenvalue weighted by Gasteiger charge is -2.04. The lowest BCUT2D eigenvalue weighted by atomic mass is 10.2. The molecule has 1 heterocycles. The second kappa shape index (κ2) is 4.07. The topological polar surface area (TPSA) is 4.93 Å². The quantitative estimate of drug-likeness (QED) is 0.695. The first kappa shape index (κ1) is 9.62. The molecule has 72 valence electrons. The SMILES string of the molecule is CCn1c(-c2ccccc2)csc1=S. The van der Waals surface area contributed by atoms with Crippen molar-refractivity contribution in [2.45, 2.75) is 13.5 Å². The zero-order chi connectivity index (χ0) is 9.97. The molecule has 0 aliphatic carbocycles. The van der Waals surface area contributed by atoms with E-state index < -0.39 is 0 Å². The molecule has 0 unspecified atom stereocenters. The van der Waals surface area contributed by atoms with Crippen molar-refractivity contribution < 1.29 is 0 Å². The lowest BCUT2D eigenvalue weighted by molar-refractivity contribution is 0.772. The third-order valence-electron chi connectivity index (χ3n) is 2.17. The molecule has 0 bridgehead atoms. The molecule has 0 aliphatic rings. The number of hydrogen-bond donors (Lipinski definition) is 0. The first-order valence-corrected chi connectivity index (χ1v) is 5.85. The zero-order valence-electron chi connectivity index (χ0n) is 7.93. The van der Waals surface area contributed by atoms with Crippen molar-refractivity contribution in [3.8, 4) is 11.3 Å². The van der Waals surface area contributed by atoms with Gasteiger partial charge in [0.05, 0.1) is 5.69 Å². The van der Waals surface area contributed by atoms with Crippen LogP contribution in [-0.2, 0) is 6.54 Å². The van der Waals surface area contributed by atoms with Gasteiger partial charge >= 0.3 is 0 Å². The Bertz CT molecular complexity index is 468. The molecule has 2 rings (SSSR count). The third kappa shape index (κ3) is 1.65. The van der Waals surface area contributed by atoms with E-state index in [0.29, 0.717) is 0 Å². The van der Waals surface area contributed by atoms with E-state index in [1.807, 2.05) is 6.07 Å². The van der Waals surface area contributed by atoms with Crippen LogP contribution < -0.4 is 0 Å². The maximum absolute atomic E-state index is 5.25. The van der Waals surface area contributed by atoms with Crippen LogP contribution in [0, 0.1) is 3.95 Å². The van der Waals surface area contributed by atoms with Gasteiger partial charge in [0.1, 0.15) is 0 Å². The molecule has 0 saturated carbocycles. The molecule has 0 N–H and O–H groups in total. The number of rotatable bonds is 2. The predicted octanol–water partition coefficient (Wildman–Crippen LogP) is 3.97. The van der Waals surface area contributed by atoms with Crippen LogP contribution in [0.1, 0.15) is 6.92 Å². The second-order valence-electron chi connectivity index (χ2n) is 3.00. The summed E-state index contributed by atoms with van der Waals surface area (Å²) >= 11 is 6.88. The fourth-order valence-electron chi connectivity index (χ4n) is 1.46. The average Bonchev–Trinajstić information content (AvgIpc) is 2.61. The molecule has 0 amide bonds. The van der Waals surface area contributed by atoms with Gasteiger partial charge in [0, 0.05) is 11.9 Å². The van der Waals surface area contributed by atoms with E-state index in [-0.39, 0.29) is 0 Å². The number of aromatic nitrogens is 1. The summed E-state index contributed by atoms with van der Waals surface area (Å²) < 4.78 is 3.11. The van der Waals surface area contributed by atoms with E-state index in [1.54, 1.807) is 11.3 Å². The summed E-state index contributed by atoms with van der Waals surface area (Å²) in [6, 6.07) is 10.4. The Morgan fingerprint density at radius 3 is 2.64 bits per heavy atom. The smallest absolute Gasteiger partial charge is 0.161 e. The monoisotopic (exact) mass is 221 g/mol. The van der Waals surface area contributed by atoms with Crippen molar-refractivity contribution in [3.05, 3.63) is 39.7 Å². The minimum absolute atomic E-state index is 0.937. The van der Waals surface area contributed by atoms with Crippen molar-refractivity contribution >= 4 is 23.6 Å². The number of hydrogen-bond acceptors (Lipinski definition) is 2. The Hall–Kier alpha value is -0.930. The highest BCUT2D eigenvalue weighted by molar-refractivity contribution is 7.73. The van der Waals surface area contributed by atoms with Gasteiger partial charge in [-0.2, -0.15) is 0 Å². The molecule has 0 atom stereocenters. The van der Waals surface area contributed by atoms with Gasteiger partial charge in [0.25, 0.3) is 0 Å². The minimum Gasteiger partial charge on any atom is -0.323 e. The predicted molar refractivity (Wildman–Crippen MR) is 64.3 cm³/mol. The lowest BCUT2D eigenvalue weighted by Crippen LogP contribution is -1.95. The molecule has 0 fully saturated rings. The van der Waals surface area contributed by atoms with E-state index in [2.05, 4.69) is 41.1 Å². The van der Waals surface area contributed by atoms with Crippen LogP contribution in [0.2, 0.25) is 0 Å². The Morgan fingerprint density at radius 1 is 1.29 bits per heavy atom. The van der Waals surface area contributed by atoms with E-state index in [1.165, 1.54) is 11.3 Å². The van der Waals surface area contributed by atoms with Crippen molar-refractivity contribution in [2.75, 3.05) is 0 Å². The standard InChI is InChI=1S/C11H11NS2/c1-2-12-10(8-14-11(12)13)9-6-4-3-5-7-9/h3-8H,2H2,1H3. The highest BCUT2D eigenvalue weighted by atomic mass is 32.1. The van der Waals surface area contributed by atoms with Gasteiger partial charge in [-0.05, 0) is 24.7 Å². The molecule has 1 aromatic heterocycles. The van der Waals surface area contributed by atoms with Crippen LogP contribution >= 0.6 is 23.6 Å². The Labute approximate surface area is 92.6 Å². The van der Waals surface area contributed by atoms with E-state index in [4.69, 9.17) is 12.2 Å². The van der Waals surface area contributed by atoms with E-state index >= 15 is 0 Å². The van der Waals surface area contributed by atoms with Crippen molar-refractivity contribution in [2.24, 2.45) is 0 Å². The number of nitrogens with zero attached hydrogens (tertiary/aromatic N) is 1. The van der Waals surface area contributed by atoms with Gasteiger partial charge in [-0.3, -0.25) is 0 Å². The van der Waals surface area contributed by atoms with Crippen LogP contribution in [0.3, 0.4) is 0 Å². The third-order valence-corrected chi connectivity index (χ3v) is 3.44. The minimum atomic E-state index is 0.937. The maximum atomic E-state index is 5.25. The Morgan fingerprint density at radius 2 is 2.00 bits per heavy atom. The van der Waals surface area contributed by atoms with Gasteiger partial charge in [0.2, 0.25) is 0 Å². The summed E-state index contributed by atoms with van der Waals surface area (Å²) in [5, 5.41) is 2.13. The van der Waals surface area contributed by atoms with Crippen molar-refractivity contribution in [1.29, 1.82) is 0 Å². The molecule has 0 spiro atoms. The second-order valence-corrected chi connectivity index (χ2v) is 4.50. The summed E-state index contributed by atoms with van der Waals surface area (Å²) in [6.45, 7) is 3.06. The highest BCUT2D eigenvalue weighted by Crippen LogP contribution is 2.23. The number of thiazole rings is 1. The normalized spacial score (nSPS) is 10.4. The average molecular weight is 221 g/mol. The van der Waals surface area contributed by atoms with Crippen LogP contribution in [0.25, 0.3) is 11.3 Å². The first-order valence-electron chi connectivity index (χ1n) is 4.56. The summed E-state index contributed by atoms with van der Waals surface area (Å²) in [4.78, 5) is 0. The van der Waals surface area contributed by atoms with Gasteiger partial charge in [-0.25, -0.2) is 0 Å². The molecule has 0 saturated heterocycles. The zero-order valence-corrected chi connectivity index (χ0v) is 9.57. The van der Waals surface area contributed by atoms with Crippen molar-refractivity contribution in [3.63, 3.8) is 0 Å². The van der Waals surface area contributed by atoms with E-state index in [9.17, 15) is 0 Å². The van der Waals surface area contributed by atoms with Crippen LogP contribution in [0.15, 0.2) is 35.7 Å². The summed E-state index contributed by atoms with van der Waals surface area (Å²) in [5.74, 6) is 0. The maximum Gasteiger partial charge on any atom is 0.161 e. The van der Waals surface area contributed by atoms with Gasteiger partial charge in [-0.1, -0.05) is 30.3 Å². The largest absolute Gasteiger partial charge is 0.323 e. The molecular formula is C11H11NS2. The summed E-state index contributed by atoms with van der Waals surface area (Å²) in [5.41, 5.74) is 2.46. The molecule has 2 aromatic rings. The first-order chi connectivity index (χ1) is 6.83. The summed E-state index contributed by atoms with van der Waals surface area (Å²) in [7, 11) is 0. The molecule has 3 heteroatoms. The Balaban J connectivity index is 2.57. The van der Waals surface area contributed by atoms with Crippen LogP contribution in [-0.4, -0.2) is 4.57 Å². The molecule has 0 radical (unpaired) electrons. The van der Waals surface area contributed by atoms with E-state index in [0.717, 1.165) is 10.5 Å². The molecule has 14 heavy (non-hydrogen) atoms. The van der Waals surface area contributed by atoms with Crippen LogP contribution in [0.5, 0.6) is 0 Å². The van der Waals surface area contributed by atoms with Crippen LogP contribution in [0.4, 0.5) is 0 Å². The number of benzene rings is 1. The molecular weight excluding hydrogens is 210 g/mol. The summed E-state index contributed by atoms with van der Waals surface area (Å²) in [6.07, 6.45) is 0. The Kier molecular flexibility index (Phi) is 2.79. The fraction of sp³-hybridized carbons (Fsp3) is 0.182. The van der Waals surface area contributed by atoms with Gasteiger partial charge in [-0.15, -0.1) is 11.3 Å².